The summed E-state index contributed by atoms with van der Waals surface area (Å²) in [5, 5.41) is 1.49. The van der Waals surface area contributed by atoms with E-state index in [-0.39, 0.29) is 6.04 Å². The van der Waals surface area contributed by atoms with E-state index in [1.807, 2.05) is 31.2 Å². The third kappa shape index (κ3) is 2.82. The molecule has 0 bridgehead atoms. The molecule has 0 saturated heterocycles. The monoisotopic (exact) mass is 299 g/mol. The second-order valence-electron chi connectivity index (χ2n) is 4.76. The Hall–Kier alpha value is -2.17. The van der Waals surface area contributed by atoms with E-state index < -0.39 is 0 Å². The number of aromatic nitrogens is 2. The molecule has 2 heterocycles. The van der Waals surface area contributed by atoms with Crippen molar-refractivity contribution in [1.29, 1.82) is 0 Å². The number of halogens is 1. The van der Waals surface area contributed by atoms with Gasteiger partial charge in [-0.05, 0) is 42.8 Å². The Morgan fingerprint density at radius 1 is 1.14 bits per heavy atom. The summed E-state index contributed by atoms with van der Waals surface area (Å²) in [5.41, 5.74) is 7.54. The molecular weight excluding hydrogens is 286 g/mol. The first kappa shape index (κ1) is 13.8. The lowest BCUT2D eigenvalue weighted by molar-refractivity contribution is 0.465. The molecule has 0 aliphatic heterocycles. The molecule has 5 heteroatoms. The van der Waals surface area contributed by atoms with E-state index in [1.165, 1.54) is 0 Å². The van der Waals surface area contributed by atoms with Crippen molar-refractivity contribution in [2.75, 3.05) is 0 Å². The van der Waals surface area contributed by atoms with E-state index in [0.717, 1.165) is 10.9 Å². The molecule has 0 radical (unpaired) electrons. The lowest BCUT2D eigenvalue weighted by Gasteiger charge is -2.10. The van der Waals surface area contributed by atoms with Crippen LogP contribution in [0.1, 0.15) is 18.5 Å². The highest BCUT2D eigenvalue weighted by molar-refractivity contribution is 6.35. The molecule has 0 spiro atoms. The molecule has 2 N–H and O–H groups in total. The van der Waals surface area contributed by atoms with Gasteiger partial charge < -0.3 is 10.5 Å². The molecule has 0 saturated carbocycles. The first-order valence-electron chi connectivity index (χ1n) is 6.58. The van der Waals surface area contributed by atoms with Crippen LogP contribution in [-0.4, -0.2) is 9.97 Å². The van der Waals surface area contributed by atoms with Crippen molar-refractivity contribution in [2.24, 2.45) is 5.73 Å². The fourth-order valence-corrected chi connectivity index (χ4v) is 2.29. The summed E-state index contributed by atoms with van der Waals surface area (Å²) in [6.45, 7) is 1.92. The maximum Gasteiger partial charge on any atom is 0.219 e. The second kappa shape index (κ2) is 5.68. The van der Waals surface area contributed by atoms with Gasteiger partial charge in [0.15, 0.2) is 5.75 Å². The number of hydrogen-bond donors (Lipinski definition) is 1. The van der Waals surface area contributed by atoms with E-state index >= 15 is 0 Å². The summed E-state index contributed by atoms with van der Waals surface area (Å²) in [6, 6.07) is 10.9. The number of hydrogen-bond acceptors (Lipinski definition) is 4. The molecule has 1 unspecified atom stereocenters. The smallest absolute Gasteiger partial charge is 0.219 e. The molecule has 0 amide bonds. The SMILES string of the molecule is CC(N)c1ccnc(Oc2ccc(Cl)c3cccnc23)c1. The van der Waals surface area contributed by atoms with Crippen molar-refractivity contribution in [3.63, 3.8) is 0 Å². The van der Waals surface area contributed by atoms with E-state index in [4.69, 9.17) is 22.1 Å². The lowest BCUT2D eigenvalue weighted by atomic mass is 10.1. The van der Waals surface area contributed by atoms with Gasteiger partial charge >= 0.3 is 0 Å². The van der Waals surface area contributed by atoms with Gasteiger partial charge in [-0.25, -0.2) is 4.98 Å². The Labute approximate surface area is 127 Å². The maximum absolute atomic E-state index is 6.17. The topological polar surface area (TPSA) is 61.0 Å². The van der Waals surface area contributed by atoms with Crippen LogP contribution in [0.3, 0.4) is 0 Å². The minimum absolute atomic E-state index is 0.0737. The molecule has 3 rings (SSSR count). The fourth-order valence-electron chi connectivity index (χ4n) is 2.07. The molecule has 21 heavy (non-hydrogen) atoms. The van der Waals surface area contributed by atoms with Crippen LogP contribution in [0.15, 0.2) is 48.8 Å². The highest BCUT2D eigenvalue weighted by Gasteiger charge is 2.09. The van der Waals surface area contributed by atoms with Gasteiger partial charge in [-0.3, -0.25) is 4.98 Å². The predicted molar refractivity (Wildman–Crippen MR) is 83.7 cm³/mol. The summed E-state index contributed by atoms with van der Waals surface area (Å²) in [7, 11) is 0. The average Bonchev–Trinajstić information content (AvgIpc) is 2.51. The maximum atomic E-state index is 6.17. The summed E-state index contributed by atoms with van der Waals surface area (Å²) in [5.74, 6) is 1.10. The quantitative estimate of drug-likeness (QED) is 0.791. The highest BCUT2D eigenvalue weighted by Crippen LogP contribution is 2.32. The summed E-state index contributed by atoms with van der Waals surface area (Å²) in [4.78, 5) is 8.54. The molecule has 106 valence electrons. The van der Waals surface area contributed by atoms with Crippen molar-refractivity contribution in [2.45, 2.75) is 13.0 Å². The highest BCUT2D eigenvalue weighted by atomic mass is 35.5. The third-order valence-corrected chi connectivity index (χ3v) is 3.51. The van der Waals surface area contributed by atoms with Crippen LogP contribution in [-0.2, 0) is 0 Å². The Morgan fingerprint density at radius 3 is 2.81 bits per heavy atom. The van der Waals surface area contributed by atoms with Crippen LogP contribution in [0.2, 0.25) is 5.02 Å². The predicted octanol–water partition coefficient (Wildman–Crippen LogP) is 4.10. The van der Waals surface area contributed by atoms with Gasteiger partial charge in [0.2, 0.25) is 5.88 Å². The molecule has 2 aromatic heterocycles. The van der Waals surface area contributed by atoms with Gasteiger partial charge in [0.1, 0.15) is 5.52 Å². The van der Waals surface area contributed by atoms with Crippen LogP contribution < -0.4 is 10.5 Å². The Bertz CT molecular complexity index is 789. The first-order valence-corrected chi connectivity index (χ1v) is 6.95. The molecule has 1 atom stereocenters. The zero-order valence-electron chi connectivity index (χ0n) is 11.5. The Morgan fingerprint density at radius 2 is 2.00 bits per heavy atom. The minimum Gasteiger partial charge on any atom is -0.437 e. The average molecular weight is 300 g/mol. The lowest BCUT2D eigenvalue weighted by Crippen LogP contribution is -2.05. The number of rotatable bonds is 3. The van der Waals surface area contributed by atoms with Crippen molar-refractivity contribution in [3.8, 4) is 11.6 Å². The van der Waals surface area contributed by atoms with Crippen molar-refractivity contribution >= 4 is 22.5 Å². The molecule has 1 aromatic carbocycles. The van der Waals surface area contributed by atoms with Gasteiger partial charge in [-0.15, -0.1) is 0 Å². The van der Waals surface area contributed by atoms with Gasteiger partial charge in [0.25, 0.3) is 0 Å². The van der Waals surface area contributed by atoms with Crippen LogP contribution in [0.5, 0.6) is 11.6 Å². The molecule has 3 aromatic rings. The summed E-state index contributed by atoms with van der Waals surface area (Å²) < 4.78 is 5.85. The second-order valence-corrected chi connectivity index (χ2v) is 5.17. The summed E-state index contributed by atoms with van der Waals surface area (Å²) in [6.07, 6.45) is 3.39. The van der Waals surface area contributed by atoms with E-state index in [2.05, 4.69) is 9.97 Å². The minimum atomic E-state index is -0.0737. The Balaban J connectivity index is 2.02. The number of nitrogens with zero attached hydrogens (tertiary/aromatic N) is 2. The number of nitrogens with two attached hydrogens (primary N) is 1. The van der Waals surface area contributed by atoms with Gasteiger partial charge in [0.05, 0.1) is 5.02 Å². The first-order chi connectivity index (χ1) is 10.1. The van der Waals surface area contributed by atoms with Crippen LogP contribution in [0, 0.1) is 0 Å². The third-order valence-electron chi connectivity index (χ3n) is 3.18. The molecule has 0 aliphatic carbocycles. The summed E-state index contributed by atoms with van der Waals surface area (Å²) >= 11 is 6.17. The molecular formula is C16H14ClN3O. The zero-order valence-corrected chi connectivity index (χ0v) is 12.2. The zero-order chi connectivity index (χ0) is 14.8. The molecule has 0 fully saturated rings. The number of pyridine rings is 2. The van der Waals surface area contributed by atoms with E-state index in [0.29, 0.717) is 22.2 Å². The number of benzene rings is 1. The van der Waals surface area contributed by atoms with E-state index in [1.54, 1.807) is 24.5 Å². The van der Waals surface area contributed by atoms with Crippen molar-refractivity contribution in [3.05, 3.63) is 59.4 Å². The fraction of sp³-hybridized carbons (Fsp3) is 0.125. The Kier molecular flexibility index (Phi) is 3.73. The van der Waals surface area contributed by atoms with Crippen LogP contribution >= 0.6 is 11.6 Å². The number of ether oxygens (including phenoxy) is 1. The molecule has 4 nitrogen and oxygen atoms in total. The largest absolute Gasteiger partial charge is 0.437 e. The standard InChI is InChI=1S/C16H14ClN3O/c1-10(18)11-6-8-19-15(9-11)21-14-5-4-13(17)12-3-2-7-20-16(12)14/h2-10H,18H2,1H3. The van der Waals surface area contributed by atoms with Crippen molar-refractivity contribution in [1.82, 2.24) is 9.97 Å². The normalized spacial score (nSPS) is 12.3. The molecule has 0 aliphatic rings. The van der Waals surface area contributed by atoms with Crippen LogP contribution in [0.4, 0.5) is 0 Å². The van der Waals surface area contributed by atoms with Gasteiger partial charge in [0, 0.05) is 29.9 Å². The van der Waals surface area contributed by atoms with Crippen LogP contribution in [0.25, 0.3) is 10.9 Å². The number of fused-ring (bicyclic) bond motifs is 1. The van der Waals surface area contributed by atoms with Gasteiger partial charge in [-0.2, -0.15) is 0 Å². The van der Waals surface area contributed by atoms with Crippen molar-refractivity contribution < 1.29 is 4.74 Å². The van der Waals surface area contributed by atoms with E-state index in [9.17, 15) is 0 Å². The van der Waals surface area contributed by atoms with Gasteiger partial charge in [-0.1, -0.05) is 11.6 Å².